The Hall–Kier alpha value is -2.14. The summed E-state index contributed by atoms with van der Waals surface area (Å²) in [7, 11) is 0. The fraction of sp³-hybridized carbons (Fsp3) is 0.278. The first-order valence-electron chi connectivity index (χ1n) is 7.60. The standard InChI is InChI=1S/C18H22N2O2S/c1-4-22-16-10-9-12(2)11-14(16)13(3)19-18(21)20-15-7-5-6-8-17(15)23/h5-11,13,23H,4H2,1-3H3,(H2,19,20,21). The first-order chi connectivity index (χ1) is 11.0. The highest BCUT2D eigenvalue weighted by molar-refractivity contribution is 7.80. The predicted octanol–water partition coefficient (Wildman–Crippen LogP) is 4.57. The van der Waals surface area contributed by atoms with Crippen molar-refractivity contribution in [3.05, 3.63) is 53.6 Å². The molecule has 0 bridgehead atoms. The summed E-state index contributed by atoms with van der Waals surface area (Å²) in [6.45, 7) is 6.48. The van der Waals surface area contributed by atoms with Gasteiger partial charge in [0.25, 0.3) is 0 Å². The van der Waals surface area contributed by atoms with Gasteiger partial charge >= 0.3 is 6.03 Å². The molecule has 0 aliphatic rings. The Kier molecular flexibility index (Phi) is 5.93. The number of rotatable bonds is 5. The van der Waals surface area contributed by atoms with Gasteiger partial charge in [-0.2, -0.15) is 0 Å². The van der Waals surface area contributed by atoms with E-state index in [9.17, 15) is 4.79 Å². The average Bonchev–Trinajstić information content (AvgIpc) is 2.51. The van der Waals surface area contributed by atoms with Crippen molar-refractivity contribution in [2.75, 3.05) is 11.9 Å². The number of ether oxygens (including phenoxy) is 1. The molecule has 1 unspecified atom stereocenters. The van der Waals surface area contributed by atoms with Crippen LogP contribution in [0.2, 0.25) is 0 Å². The maximum absolute atomic E-state index is 12.2. The zero-order valence-electron chi connectivity index (χ0n) is 13.6. The van der Waals surface area contributed by atoms with E-state index in [0.717, 1.165) is 21.8 Å². The molecule has 2 aromatic rings. The number of carbonyl (C=O) groups is 1. The van der Waals surface area contributed by atoms with Crippen LogP contribution in [-0.4, -0.2) is 12.6 Å². The van der Waals surface area contributed by atoms with Crippen molar-refractivity contribution in [2.24, 2.45) is 0 Å². The highest BCUT2D eigenvalue weighted by Gasteiger charge is 2.15. The summed E-state index contributed by atoms with van der Waals surface area (Å²) >= 11 is 4.33. The van der Waals surface area contributed by atoms with Crippen LogP contribution in [0, 0.1) is 6.92 Å². The summed E-state index contributed by atoms with van der Waals surface area (Å²) in [5, 5.41) is 5.74. The second-order valence-corrected chi connectivity index (χ2v) is 5.79. The topological polar surface area (TPSA) is 50.4 Å². The molecular weight excluding hydrogens is 308 g/mol. The van der Waals surface area contributed by atoms with Crippen LogP contribution >= 0.6 is 12.6 Å². The number of carbonyl (C=O) groups excluding carboxylic acids is 1. The summed E-state index contributed by atoms with van der Waals surface area (Å²) in [5.74, 6) is 0.792. The minimum atomic E-state index is -0.275. The molecule has 23 heavy (non-hydrogen) atoms. The molecule has 0 radical (unpaired) electrons. The third kappa shape index (κ3) is 4.66. The maximum atomic E-state index is 12.2. The molecule has 0 aromatic heterocycles. The molecule has 0 fully saturated rings. The number of anilines is 1. The molecule has 4 nitrogen and oxygen atoms in total. The fourth-order valence-corrected chi connectivity index (χ4v) is 2.52. The quantitative estimate of drug-likeness (QED) is 0.704. The predicted molar refractivity (Wildman–Crippen MR) is 96.6 cm³/mol. The Bertz CT molecular complexity index is 688. The van der Waals surface area contributed by atoms with E-state index in [1.165, 1.54) is 0 Å². The van der Waals surface area contributed by atoms with Gasteiger partial charge in [0.2, 0.25) is 0 Å². The molecule has 0 saturated heterocycles. The molecule has 0 aliphatic carbocycles. The van der Waals surface area contributed by atoms with Gasteiger partial charge in [-0.05, 0) is 39.0 Å². The molecule has 2 aromatic carbocycles. The van der Waals surface area contributed by atoms with Gasteiger partial charge in [0.05, 0.1) is 18.3 Å². The molecule has 0 aliphatic heterocycles. The molecule has 2 amide bonds. The number of thiol groups is 1. The molecule has 1 atom stereocenters. The van der Waals surface area contributed by atoms with Crippen molar-refractivity contribution in [2.45, 2.75) is 31.7 Å². The maximum Gasteiger partial charge on any atom is 0.319 e. The molecule has 5 heteroatoms. The number of para-hydroxylation sites is 1. The Balaban J connectivity index is 2.09. The Labute approximate surface area is 142 Å². The van der Waals surface area contributed by atoms with E-state index in [4.69, 9.17) is 4.74 Å². The molecule has 0 spiro atoms. The Morgan fingerprint density at radius 2 is 2.00 bits per heavy atom. The molecule has 122 valence electrons. The van der Waals surface area contributed by atoms with Crippen LogP contribution < -0.4 is 15.4 Å². The van der Waals surface area contributed by atoms with Gasteiger partial charge in [0.1, 0.15) is 5.75 Å². The van der Waals surface area contributed by atoms with E-state index >= 15 is 0 Å². The summed E-state index contributed by atoms with van der Waals surface area (Å²) in [6, 6.07) is 12.9. The van der Waals surface area contributed by atoms with Crippen molar-refractivity contribution in [3.63, 3.8) is 0 Å². The highest BCUT2D eigenvalue weighted by atomic mass is 32.1. The SMILES string of the molecule is CCOc1ccc(C)cc1C(C)NC(=O)Nc1ccccc1S. The van der Waals surface area contributed by atoms with Crippen molar-refractivity contribution < 1.29 is 9.53 Å². The number of hydrogen-bond acceptors (Lipinski definition) is 3. The van der Waals surface area contributed by atoms with Crippen LogP contribution in [-0.2, 0) is 0 Å². The van der Waals surface area contributed by atoms with Crippen LogP contribution in [0.15, 0.2) is 47.4 Å². The smallest absolute Gasteiger partial charge is 0.319 e. The minimum Gasteiger partial charge on any atom is -0.494 e. The van der Waals surface area contributed by atoms with Crippen molar-refractivity contribution >= 4 is 24.3 Å². The lowest BCUT2D eigenvalue weighted by Gasteiger charge is -2.19. The number of hydrogen-bond donors (Lipinski definition) is 3. The van der Waals surface area contributed by atoms with E-state index in [1.54, 1.807) is 0 Å². The van der Waals surface area contributed by atoms with Crippen molar-refractivity contribution in [1.82, 2.24) is 5.32 Å². The third-order valence-corrected chi connectivity index (χ3v) is 3.82. The van der Waals surface area contributed by atoms with Gasteiger partial charge < -0.3 is 15.4 Å². The monoisotopic (exact) mass is 330 g/mol. The lowest BCUT2D eigenvalue weighted by Crippen LogP contribution is -2.31. The highest BCUT2D eigenvalue weighted by Crippen LogP contribution is 2.26. The fourth-order valence-electron chi connectivity index (χ4n) is 2.31. The van der Waals surface area contributed by atoms with Crippen molar-refractivity contribution in [3.8, 4) is 5.75 Å². The van der Waals surface area contributed by atoms with Gasteiger partial charge in [0, 0.05) is 10.5 Å². The van der Waals surface area contributed by atoms with Crippen LogP contribution in [0.4, 0.5) is 10.5 Å². The van der Waals surface area contributed by atoms with Crippen LogP contribution in [0.25, 0.3) is 0 Å². The van der Waals surface area contributed by atoms with Crippen LogP contribution in [0.5, 0.6) is 5.75 Å². The molecule has 0 saturated carbocycles. The van der Waals surface area contributed by atoms with Crippen molar-refractivity contribution in [1.29, 1.82) is 0 Å². The summed E-state index contributed by atoms with van der Waals surface area (Å²) in [5.41, 5.74) is 2.76. The van der Waals surface area contributed by atoms with Gasteiger partial charge in [-0.25, -0.2) is 4.79 Å². The second kappa shape index (κ2) is 7.92. The van der Waals surface area contributed by atoms with E-state index in [-0.39, 0.29) is 12.1 Å². The lowest BCUT2D eigenvalue weighted by molar-refractivity contribution is 0.249. The van der Waals surface area contributed by atoms with E-state index < -0.39 is 0 Å². The number of urea groups is 1. The van der Waals surface area contributed by atoms with Gasteiger partial charge in [-0.15, -0.1) is 12.6 Å². The molecule has 0 heterocycles. The van der Waals surface area contributed by atoms with E-state index in [0.29, 0.717) is 12.3 Å². The Morgan fingerprint density at radius 3 is 2.70 bits per heavy atom. The van der Waals surface area contributed by atoms with Crippen LogP contribution in [0.3, 0.4) is 0 Å². The average molecular weight is 330 g/mol. The van der Waals surface area contributed by atoms with E-state index in [2.05, 4.69) is 23.3 Å². The van der Waals surface area contributed by atoms with E-state index in [1.807, 2.05) is 63.2 Å². The van der Waals surface area contributed by atoms with Crippen LogP contribution in [0.1, 0.15) is 31.0 Å². The molecular formula is C18H22N2O2S. The second-order valence-electron chi connectivity index (χ2n) is 5.31. The third-order valence-electron chi connectivity index (χ3n) is 3.43. The van der Waals surface area contributed by atoms with Gasteiger partial charge in [-0.3, -0.25) is 0 Å². The number of aryl methyl sites for hydroxylation is 1. The first kappa shape index (κ1) is 17.2. The number of amides is 2. The summed E-state index contributed by atoms with van der Waals surface area (Å²) in [4.78, 5) is 12.9. The summed E-state index contributed by atoms with van der Waals surface area (Å²) < 4.78 is 5.65. The Morgan fingerprint density at radius 1 is 1.26 bits per heavy atom. The molecule has 2 rings (SSSR count). The number of benzene rings is 2. The first-order valence-corrected chi connectivity index (χ1v) is 8.04. The molecule has 2 N–H and O–H groups in total. The zero-order chi connectivity index (χ0) is 16.8. The summed E-state index contributed by atoms with van der Waals surface area (Å²) in [6.07, 6.45) is 0. The number of nitrogens with one attached hydrogen (secondary N) is 2. The zero-order valence-corrected chi connectivity index (χ0v) is 14.5. The minimum absolute atomic E-state index is 0.177. The normalized spacial score (nSPS) is 11.7. The largest absolute Gasteiger partial charge is 0.494 e. The van der Waals surface area contributed by atoms with Gasteiger partial charge in [-0.1, -0.05) is 29.8 Å². The van der Waals surface area contributed by atoms with Gasteiger partial charge in [0.15, 0.2) is 0 Å². The lowest BCUT2D eigenvalue weighted by atomic mass is 10.0.